The second kappa shape index (κ2) is 19.8. The lowest BCUT2D eigenvalue weighted by molar-refractivity contribution is -0.400. The van der Waals surface area contributed by atoms with Gasteiger partial charge in [-0.15, -0.1) is 0 Å². The van der Waals surface area contributed by atoms with E-state index in [-0.39, 0.29) is 0 Å². The Bertz CT molecular complexity index is 1510. The Kier molecular flexibility index (Phi) is 15.8. The molecule has 0 saturated carbocycles. The highest BCUT2D eigenvalue weighted by Gasteiger charge is 2.61. The molecule has 0 aromatic carbocycles. The second-order valence-corrected chi connectivity index (χ2v) is 15.5. The van der Waals surface area contributed by atoms with Gasteiger partial charge in [-0.1, -0.05) is 0 Å². The molecule has 0 bridgehead atoms. The van der Waals surface area contributed by atoms with Crippen molar-refractivity contribution in [2.75, 3.05) is 26.4 Å². The van der Waals surface area contributed by atoms with Gasteiger partial charge in [-0.25, -0.2) is 9.59 Å². The first-order chi connectivity index (χ1) is 29.2. The van der Waals surface area contributed by atoms with E-state index >= 15 is 0 Å². The van der Waals surface area contributed by atoms with Gasteiger partial charge in [0.1, 0.15) is 116 Å². The van der Waals surface area contributed by atoms with Crippen LogP contribution in [0.5, 0.6) is 0 Å². The molecule has 1 unspecified atom stereocenters. The van der Waals surface area contributed by atoms with Crippen molar-refractivity contribution in [2.24, 2.45) is 0 Å². The van der Waals surface area contributed by atoms with Crippen molar-refractivity contribution >= 4 is 11.9 Å². The van der Waals surface area contributed by atoms with E-state index in [1.165, 1.54) is 0 Å². The van der Waals surface area contributed by atoms with Crippen molar-refractivity contribution in [2.45, 2.75) is 166 Å². The molecule has 0 aliphatic carbocycles. The van der Waals surface area contributed by atoms with Crippen LogP contribution in [0.2, 0.25) is 0 Å². The first-order valence-corrected chi connectivity index (χ1v) is 19.2. The minimum absolute atomic E-state index is 0.840. The molecule has 0 aromatic heterocycles. The van der Waals surface area contributed by atoms with Crippen molar-refractivity contribution in [1.29, 1.82) is 0 Å². The summed E-state index contributed by atoms with van der Waals surface area (Å²) in [5.41, 5.74) is 0. The summed E-state index contributed by atoms with van der Waals surface area (Å²) in [7, 11) is 0. The first kappa shape index (κ1) is 49.4. The highest BCUT2D eigenvalue weighted by Crippen LogP contribution is 2.40. The fraction of sp³-hybridized carbons (Fsp3) is 0.939. The first-order valence-electron chi connectivity index (χ1n) is 19.2. The molecule has 0 amide bonds. The molecule has 0 spiro atoms. The maximum atomic E-state index is 11.9. The topological polar surface area (TPSA) is 459 Å². The van der Waals surface area contributed by atoms with Gasteiger partial charge in [0.2, 0.25) is 0 Å². The van der Waals surface area contributed by atoms with Crippen molar-refractivity contribution in [1.82, 2.24) is 0 Å². The summed E-state index contributed by atoms with van der Waals surface area (Å²) >= 11 is 0. The van der Waals surface area contributed by atoms with Gasteiger partial charge in [0, 0.05) is 6.92 Å². The van der Waals surface area contributed by atoms with Crippen LogP contribution in [-0.4, -0.2) is 279 Å². The molecule has 6 aliphatic rings. The van der Waals surface area contributed by atoms with Gasteiger partial charge in [0.15, 0.2) is 37.6 Å². The van der Waals surface area contributed by atoms with E-state index in [2.05, 4.69) is 0 Å². The quantitative estimate of drug-likeness (QED) is 0.0769. The Balaban J connectivity index is 1.37. The Morgan fingerprint density at radius 3 is 1.60 bits per heavy atom. The van der Waals surface area contributed by atoms with Gasteiger partial charge in [-0.3, -0.25) is 0 Å². The van der Waals surface area contributed by atoms with E-state index in [0.717, 1.165) is 6.92 Å². The maximum absolute atomic E-state index is 11.9. The molecule has 6 heterocycles. The van der Waals surface area contributed by atoms with Gasteiger partial charge < -0.3 is 134 Å². The highest BCUT2D eigenvalue weighted by atomic mass is 16.8. The van der Waals surface area contributed by atoms with E-state index in [1.54, 1.807) is 0 Å². The number of rotatable bonds is 14. The predicted octanol–water partition coefficient (Wildman–Crippen LogP) is -11.0. The van der Waals surface area contributed by atoms with Crippen LogP contribution in [0.3, 0.4) is 0 Å². The van der Waals surface area contributed by atoms with E-state index < -0.39 is 198 Å². The van der Waals surface area contributed by atoms with E-state index in [9.17, 15) is 91.3 Å². The van der Waals surface area contributed by atoms with Crippen LogP contribution in [0.25, 0.3) is 0 Å². The number of hydrogen-bond acceptors (Lipinski definition) is 27. The number of fused-ring (bicyclic) bond motifs is 1. The minimum atomic E-state index is -2.35. The number of carbonyl (C=O) groups is 2. The monoisotopic (exact) mass is 912 g/mol. The third-order valence-electron chi connectivity index (χ3n) is 11.3. The number of aliphatic hydroxyl groups is 14. The molecule has 16 N–H and O–H groups in total. The molecule has 26 atom stereocenters. The SMILES string of the molecule is CC1(C(=O)O)O[C@@H]2[C@@H](O)[C@H](OC[C@H]3O[C@@H](O[C@H]4[C@H](O)[C@H](O)[C@H](O)O[C@@H]4CO)[C@@H](O)[C@@H](O[C@@H]4O[C@H](C(=O)O)[C@@H](O)[C@H](O)[C@H]4O)[C@@H]3O[C@@H]3O[C@H](CO)[C@@H](O)[C@H](O)[C@H]3O)O[C@H](CO)[C@@H]2O1. The maximum Gasteiger partial charge on any atom is 0.364 e. The largest absolute Gasteiger partial charge is 0.479 e. The third kappa shape index (κ3) is 9.46. The van der Waals surface area contributed by atoms with E-state index in [0.29, 0.717) is 0 Å². The Morgan fingerprint density at radius 1 is 0.484 bits per heavy atom. The molecule has 62 heavy (non-hydrogen) atoms. The molecule has 0 aromatic rings. The lowest BCUT2D eigenvalue weighted by Gasteiger charge is -2.50. The molecule has 6 rings (SSSR count). The summed E-state index contributed by atoms with van der Waals surface area (Å²) in [5, 5.41) is 167. The molecular formula is C33H52O29. The van der Waals surface area contributed by atoms with Crippen molar-refractivity contribution < 1.29 is 143 Å². The van der Waals surface area contributed by atoms with Crippen molar-refractivity contribution in [3.05, 3.63) is 0 Å². The smallest absolute Gasteiger partial charge is 0.364 e. The molecular weight excluding hydrogens is 860 g/mol. The third-order valence-corrected chi connectivity index (χ3v) is 11.3. The normalized spacial score (nSPS) is 52.3. The number of ether oxygens (including phenoxy) is 11. The van der Waals surface area contributed by atoms with E-state index in [4.69, 9.17) is 52.1 Å². The zero-order chi connectivity index (χ0) is 45.7. The molecule has 358 valence electrons. The number of hydrogen-bond donors (Lipinski definition) is 16. The number of aliphatic carboxylic acids is 2. The average molecular weight is 913 g/mol. The predicted molar refractivity (Wildman–Crippen MR) is 181 cm³/mol. The van der Waals surface area contributed by atoms with Crippen LogP contribution < -0.4 is 0 Å². The van der Waals surface area contributed by atoms with Gasteiger partial charge in [-0.2, -0.15) is 0 Å². The average Bonchev–Trinajstić information content (AvgIpc) is 3.62. The summed E-state index contributed by atoms with van der Waals surface area (Å²) in [5.74, 6) is -5.78. The van der Waals surface area contributed by atoms with Crippen LogP contribution in [-0.2, 0) is 61.7 Å². The summed E-state index contributed by atoms with van der Waals surface area (Å²) < 4.78 is 61.7. The van der Waals surface area contributed by atoms with E-state index in [1.807, 2.05) is 0 Å². The summed E-state index contributed by atoms with van der Waals surface area (Å²) in [6, 6.07) is 0. The van der Waals surface area contributed by atoms with Crippen LogP contribution >= 0.6 is 0 Å². The zero-order valence-corrected chi connectivity index (χ0v) is 32.2. The molecule has 6 fully saturated rings. The molecule has 29 heteroatoms. The summed E-state index contributed by atoms with van der Waals surface area (Å²) in [4.78, 5) is 23.8. The highest BCUT2D eigenvalue weighted by molar-refractivity contribution is 5.75. The lowest BCUT2D eigenvalue weighted by Crippen LogP contribution is -2.69. The molecule has 6 saturated heterocycles. The molecule has 0 radical (unpaired) electrons. The zero-order valence-electron chi connectivity index (χ0n) is 32.2. The van der Waals surface area contributed by atoms with Gasteiger partial charge >= 0.3 is 11.9 Å². The van der Waals surface area contributed by atoms with Crippen molar-refractivity contribution in [3.8, 4) is 0 Å². The summed E-state index contributed by atoms with van der Waals surface area (Å²) in [6.07, 6.45) is -49.8. The number of carboxylic acid groups (broad SMARTS) is 2. The van der Waals surface area contributed by atoms with Gasteiger partial charge in [0.25, 0.3) is 5.79 Å². The Morgan fingerprint density at radius 2 is 1.00 bits per heavy atom. The Labute approximate surface area is 348 Å². The number of aliphatic hydroxyl groups excluding tert-OH is 14. The Hall–Kier alpha value is -2.06. The lowest BCUT2D eigenvalue weighted by atomic mass is 9.95. The van der Waals surface area contributed by atoms with Crippen LogP contribution in [0.1, 0.15) is 6.92 Å². The van der Waals surface area contributed by atoms with Crippen LogP contribution in [0.4, 0.5) is 0 Å². The second-order valence-electron chi connectivity index (χ2n) is 15.5. The van der Waals surface area contributed by atoms with Gasteiger partial charge in [-0.05, 0) is 0 Å². The van der Waals surface area contributed by atoms with Gasteiger partial charge in [0.05, 0.1) is 26.4 Å². The van der Waals surface area contributed by atoms with Crippen LogP contribution in [0.15, 0.2) is 0 Å². The molecule has 6 aliphatic heterocycles. The fourth-order valence-electron chi connectivity index (χ4n) is 7.80. The number of carboxylic acids is 2. The van der Waals surface area contributed by atoms with Crippen LogP contribution in [0, 0.1) is 0 Å². The summed E-state index contributed by atoms with van der Waals surface area (Å²) in [6.45, 7) is -2.74. The fourth-order valence-corrected chi connectivity index (χ4v) is 7.80. The van der Waals surface area contributed by atoms with Crippen molar-refractivity contribution in [3.63, 3.8) is 0 Å². The molecule has 29 nitrogen and oxygen atoms in total. The minimum Gasteiger partial charge on any atom is -0.479 e. The standard InChI is InChI=1S/C33H52O29/c1-33(32(50)51)61-22-8(4-36)55-28(19(46)24(22)62-33)52-5-9-21(58-29-16(43)11(38)10(37)6(2-34)54-29)23(59-30-17(44)12(39)13(40)25(60-30)26(47)48)18(45)31(56-9)57-20-7(3-35)53-27(49)15(42)14(20)41/h6-25,27-31,34-46,49H,2-5H2,1H3,(H,47,48)(H,50,51)/t6-,7-,8-,9-,10-,11+,12+,13+,14-,15+,16-,17-,18+,19-,20-,21-,22+,23-,24-,25+,27-,28-,29+,30-,31+,33?/m1/s1.